The predicted octanol–water partition coefficient (Wildman–Crippen LogP) is 2.97. The monoisotopic (exact) mass is 299 g/mol. The fraction of sp³-hybridized carbons (Fsp3) is 0.176. The molecule has 0 radical (unpaired) electrons. The van der Waals surface area contributed by atoms with Gasteiger partial charge in [0, 0.05) is 23.2 Å². The molecule has 0 aromatic heterocycles. The van der Waals surface area contributed by atoms with E-state index in [0.717, 1.165) is 5.56 Å². The third-order valence-electron chi connectivity index (χ3n) is 3.52. The quantitative estimate of drug-likeness (QED) is 0.944. The number of benzene rings is 2. The van der Waals surface area contributed by atoms with Gasteiger partial charge >= 0.3 is 0 Å². The number of halogens is 1. The van der Waals surface area contributed by atoms with Crippen LogP contribution in [-0.4, -0.2) is 18.3 Å². The third kappa shape index (κ3) is 2.98. The minimum absolute atomic E-state index is 0.108. The van der Waals surface area contributed by atoms with Crippen molar-refractivity contribution in [2.45, 2.75) is 12.8 Å². The number of carbonyl (C=O) groups excluding carboxylic acids is 2. The second-order valence-corrected chi connectivity index (χ2v) is 5.05. The molecule has 22 heavy (non-hydrogen) atoms. The van der Waals surface area contributed by atoms with E-state index in [1.807, 2.05) is 0 Å². The van der Waals surface area contributed by atoms with Crippen molar-refractivity contribution in [3.8, 4) is 5.75 Å². The number of fused-ring (bicyclic) bond motifs is 1. The van der Waals surface area contributed by atoms with Crippen LogP contribution in [0.4, 0.5) is 10.1 Å². The van der Waals surface area contributed by atoms with E-state index in [4.69, 9.17) is 4.74 Å². The van der Waals surface area contributed by atoms with Gasteiger partial charge in [0.15, 0.2) is 12.4 Å². The number of Topliss-reactive ketones (excluding diaryl/α,β-unsaturated/α-hetero) is 1. The van der Waals surface area contributed by atoms with Crippen LogP contribution in [0.3, 0.4) is 0 Å². The van der Waals surface area contributed by atoms with Crippen molar-refractivity contribution in [1.29, 1.82) is 0 Å². The molecule has 3 rings (SSSR count). The van der Waals surface area contributed by atoms with E-state index >= 15 is 0 Å². The molecule has 1 aliphatic carbocycles. The Morgan fingerprint density at radius 3 is 2.68 bits per heavy atom. The molecule has 112 valence electrons. The largest absolute Gasteiger partial charge is 0.483 e. The Balaban J connectivity index is 1.62. The number of amides is 1. The van der Waals surface area contributed by atoms with Gasteiger partial charge in [-0.2, -0.15) is 0 Å². The summed E-state index contributed by atoms with van der Waals surface area (Å²) in [5, 5.41) is 2.62. The molecule has 0 bridgehead atoms. The van der Waals surface area contributed by atoms with Crippen LogP contribution in [0.1, 0.15) is 22.3 Å². The number of ketones is 1. The molecule has 5 heteroatoms. The number of anilines is 1. The van der Waals surface area contributed by atoms with Crippen molar-refractivity contribution in [3.05, 3.63) is 59.4 Å². The van der Waals surface area contributed by atoms with Gasteiger partial charge in [-0.1, -0.05) is 12.1 Å². The van der Waals surface area contributed by atoms with E-state index < -0.39 is 0 Å². The Labute approximate surface area is 126 Å². The maximum Gasteiger partial charge on any atom is 0.262 e. The zero-order valence-corrected chi connectivity index (χ0v) is 11.8. The lowest BCUT2D eigenvalue weighted by atomic mass is 10.1. The molecule has 0 atom stereocenters. The summed E-state index contributed by atoms with van der Waals surface area (Å²) in [7, 11) is 0. The van der Waals surface area contributed by atoms with Crippen molar-refractivity contribution < 1.29 is 18.7 Å². The summed E-state index contributed by atoms with van der Waals surface area (Å²) in [6.45, 7) is -0.165. The summed E-state index contributed by atoms with van der Waals surface area (Å²) in [4.78, 5) is 23.5. The molecule has 0 aliphatic heterocycles. The van der Waals surface area contributed by atoms with E-state index in [-0.39, 0.29) is 24.1 Å². The summed E-state index contributed by atoms with van der Waals surface area (Å²) in [6, 6.07) is 10.8. The number of rotatable bonds is 4. The van der Waals surface area contributed by atoms with Crippen LogP contribution in [0.25, 0.3) is 0 Å². The summed E-state index contributed by atoms with van der Waals surface area (Å²) in [6.07, 6.45) is 1.13. The average molecular weight is 299 g/mol. The molecule has 0 heterocycles. The van der Waals surface area contributed by atoms with Crippen LogP contribution in [0.5, 0.6) is 5.75 Å². The molecular formula is C17H14FNO3. The highest BCUT2D eigenvalue weighted by Gasteiger charge is 2.22. The van der Waals surface area contributed by atoms with Gasteiger partial charge in [-0.15, -0.1) is 0 Å². The zero-order valence-electron chi connectivity index (χ0n) is 11.8. The van der Waals surface area contributed by atoms with E-state index in [2.05, 4.69) is 5.32 Å². The first kappa shape index (κ1) is 14.3. The number of nitrogens with one attached hydrogen (secondary N) is 1. The van der Waals surface area contributed by atoms with Crippen molar-refractivity contribution in [2.75, 3.05) is 11.9 Å². The first-order valence-electron chi connectivity index (χ1n) is 6.97. The SMILES string of the molecule is O=C(COc1cccc2c1CCC2=O)Nc1ccc(F)cc1. The summed E-state index contributed by atoms with van der Waals surface area (Å²) < 4.78 is 18.3. The fourth-order valence-electron chi connectivity index (χ4n) is 2.47. The van der Waals surface area contributed by atoms with Crippen LogP contribution in [0.15, 0.2) is 42.5 Å². The second kappa shape index (κ2) is 5.97. The lowest BCUT2D eigenvalue weighted by Crippen LogP contribution is -2.20. The van der Waals surface area contributed by atoms with Gasteiger partial charge in [0.05, 0.1) is 0 Å². The van der Waals surface area contributed by atoms with Crippen molar-refractivity contribution >= 4 is 17.4 Å². The van der Waals surface area contributed by atoms with Gasteiger partial charge in [0.2, 0.25) is 0 Å². The Morgan fingerprint density at radius 2 is 1.91 bits per heavy atom. The molecule has 0 fully saturated rings. The fourth-order valence-corrected chi connectivity index (χ4v) is 2.47. The molecule has 2 aromatic rings. The third-order valence-corrected chi connectivity index (χ3v) is 3.52. The Kier molecular flexibility index (Phi) is 3.87. The van der Waals surface area contributed by atoms with Crippen LogP contribution >= 0.6 is 0 Å². The normalized spacial score (nSPS) is 12.9. The van der Waals surface area contributed by atoms with Crippen molar-refractivity contribution in [3.63, 3.8) is 0 Å². The van der Waals surface area contributed by atoms with Crippen LogP contribution in [0, 0.1) is 5.82 Å². The molecule has 0 saturated heterocycles. The Morgan fingerprint density at radius 1 is 1.14 bits per heavy atom. The molecule has 4 nitrogen and oxygen atoms in total. The molecule has 0 unspecified atom stereocenters. The topological polar surface area (TPSA) is 55.4 Å². The minimum Gasteiger partial charge on any atom is -0.483 e. The van der Waals surface area contributed by atoms with Gasteiger partial charge in [-0.25, -0.2) is 4.39 Å². The zero-order chi connectivity index (χ0) is 15.5. The lowest BCUT2D eigenvalue weighted by molar-refractivity contribution is -0.118. The molecule has 1 aliphatic rings. The highest BCUT2D eigenvalue weighted by molar-refractivity contribution is 6.01. The van der Waals surface area contributed by atoms with Crippen LogP contribution in [-0.2, 0) is 11.2 Å². The summed E-state index contributed by atoms with van der Waals surface area (Å²) in [5.41, 5.74) is 2.04. The lowest BCUT2D eigenvalue weighted by Gasteiger charge is -2.10. The Hall–Kier alpha value is -2.69. The average Bonchev–Trinajstić information content (AvgIpc) is 2.90. The summed E-state index contributed by atoms with van der Waals surface area (Å²) in [5.74, 6) is -0.0267. The van der Waals surface area contributed by atoms with E-state index in [0.29, 0.717) is 29.8 Å². The van der Waals surface area contributed by atoms with Crippen LogP contribution in [0.2, 0.25) is 0 Å². The van der Waals surface area contributed by atoms with Crippen LogP contribution < -0.4 is 10.1 Å². The molecule has 1 N–H and O–H groups in total. The highest BCUT2D eigenvalue weighted by atomic mass is 19.1. The molecule has 1 amide bonds. The van der Waals surface area contributed by atoms with Gasteiger partial charge in [-0.05, 0) is 36.8 Å². The molecule has 2 aromatic carbocycles. The Bertz CT molecular complexity index is 725. The molecule has 0 saturated carbocycles. The first-order valence-corrected chi connectivity index (χ1v) is 6.97. The number of carbonyl (C=O) groups is 2. The maximum absolute atomic E-state index is 12.8. The predicted molar refractivity (Wildman–Crippen MR) is 79.6 cm³/mol. The van der Waals surface area contributed by atoms with E-state index in [1.54, 1.807) is 18.2 Å². The first-order chi connectivity index (χ1) is 10.6. The maximum atomic E-state index is 12.8. The second-order valence-electron chi connectivity index (χ2n) is 5.05. The van der Waals surface area contributed by atoms with Gasteiger partial charge in [0.1, 0.15) is 11.6 Å². The number of hydrogen-bond donors (Lipinski definition) is 1. The van der Waals surface area contributed by atoms with E-state index in [9.17, 15) is 14.0 Å². The van der Waals surface area contributed by atoms with Gasteiger partial charge < -0.3 is 10.1 Å². The highest BCUT2D eigenvalue weighted by Crippen LogP contribution is 2.30. The van der Waals surface area contributed by atoms with Crippen molar-refractivity contribution in [1.82, 2.24) is 0 Å². The van der Waals surface area contributed by atoms with Crippen molar-refractivity contribution in [2.24, 2.45) is 0 Å². The molecule has 0 spiro atoms. The standard InChI is InChI=1S/C17H14FNO3/c18-11-4-6-12(7-5-11)19-17(21)10-22-16-3-1-2-13-14(16)8-9-15(13)20/h1-7H,8-10H2,(H,19,21). The molecular weight excluding hydrogens is 285 g/mol. The number of hydrogen-bond acceptors (Lipinski definition) is 3. The van der Waals surface area contributed by atoms with E-state index in [1.165, 1.54) is 24.3 Å². The minimum atomic E-state index is -0.362. The van der Waals surface area contributed by atoms with Gasteiger partial charge in [0.25, 0.3) is 5.91 Å². The van der Waals surface area contributed by atoms with Gasteiger partial charge in [-0.3, -0.25) is 9.59 Å². The number of ether oxygens (including phenoxy) is 1. The summed E-state index contributed by atoms with van der Waals surface area (Å²) >= 11 is 0. The smallest absolute Gasteiger partial charge is 0.262 e.